The number of hydrogen-bond donors (Lipinski definition) is 1. The normalized spacial score (nSPS) is 19.4. The van der Waals surface area contributed by atoms with E-state index in [-0.39, 0.29) is 11.1 Å². The Balaban J connectivity index is 2.02. The second-order valence-electron chi connectivity index (χ2n) is 5.84. The zero-order valence-corrected chi connectivity index (χ0v) is 13.3. The summed E-state index contributed by atoms with van der Waals surface area (Å²) in [6, 6.07) is 4.70. The van der Waals surface area contributed by atoms with Crippen LogP contribution in [0.25, 0.3) is 0 Å². The van der Waals surface area contributed by atoms with Crippen molar-refractivity contribution in [3.63, 3.8) is 0 Å². The van der Waals surface area contributed by atoms with Crippen molar-refractivity contribution >= 4 is 11.6 Å². The molecule has 1 aromatic carbocycles. The third-order valence-corrected chi connectivity index (χ3v) is 4.59. The second kappa shape index (κ2) is 8.11. The summed E-state index contributed by atoms with van der Waals surface area (Å²) in [6.45, 7) is 2.54. The molecule has 2 atom stereocenters. The molecule has 118 valence electrons. The van der Waals surface area contributed by atoms with E-state index < -0.39 is 11.9 Å². The molecule has 0 amide bonds. The average molecular weight is 315 g/mol. The van der Waals surface area contributed by atoms with Gasteiger partial charge in [0, 0.05) is 13.0 Å². The first-order chi connectivity index (χ1) is 10.1. The summed E-state index contributed by atoms with van der Waals surface area (Å²) in [5.74, 6) is -0.0298. The molecule has 1 N–H and O–H groups in total. The topological polar surface area (TPSA) is 29.5 Å². The van der Waals surface area contributed by atoms with Gasteiger partial charge < -0.3 is 9.84 Å². The summed E-state index contributed by atoms with van der Waals surface area (Å²) in [5, 5.41) is 10.6. The number of benzene rings is 1. The molecule has 0 aromatic heterocycles. The monoisotopic (exact) mass is 314 g/mol. The summed E-state index contributed by atoms with van der Waals surface area (Å²) >= 11 is 5.69. The number of aliphatic hydroxyl groups excluding tert-OH is 1. The maximum Gasteiger partial charge on any atom is 0.142 e. The molecular formula is C17H24ClFO2. The molecule has 1 fully saturated rings. The van der Waals surface area contributed by atoms with E-state index in [0.717, 1.165) is 18.4 Å². The van der Waals surface area contributed by atoms with Gasteiger partial charge in [0.1, 0.15) is 5.82 Å². The van der Waals surface area contributed by atoms with Crippen molar-refractivity contribution < 1.29 is 14.2 Å². The van der Waals surface area contributed by atoms with Crippen molar-refractivity contribution in [3.8, 4) is 0 Å². The van der Waals surface area contributed by atoms with Crippen LogP contribution in [0, 0.1) is 11.7 Å². The minimum Gasteiger partial charge on any atom is -0.390 e. The summed E-state index contributed by atoms with van der Waals surface area (Å²) in [5.41, 5.74) is 0.755. The number of aliphatic hydroxyl groups is 1. The van der Waals surface area contributed by atoms with E-state index in [0.29, 0.717) is 18.9 Å². The number of rotatable bonds is 6. The first-order valence-electron chi connectivity index (χ1n) is 7.85. The zero-order chi connectivity index (χ0) is 15.2. The van der Waals surface area contributed by atoms with E-state index in [1.807, 2.05) is 6.92 Å². The third-order valence-electron chi connectivity index (χ3n) is 4.28. The lowest BCUT2D eigenvalue weighted by atomic mass is 9.82. The van der Waals surface area contributed by atoms with Gasteiger partial charge in [-0.05, 0) is 43.4 Å². The van der Waals surface area contributed by atoms with Gasteiger partial charge in [-0.15, -0.1) is 0 Å². The molecule has 1 aliphatic carbocycles. The van der Waals surface area contributed by atoms with Gasteiger partial charge in [0.25, 0.3) is 0 Å². The Morgan fingerprint density at radius 3 is 2.67 bits per heavy atom. The molecule has 0 bridgehead atoms. The molecule has 2 rings (SSSR count). The quantitative estimate of drug-likeness (QED) is 0.845. The van der Waals surface area contributed by atoms with Gasteiger partial charge in [0.15, 0.2) is 0 Å². The average Bonchev–Trinajstić information content (AvgIpc) is 2.49. The Hall–Kier alpha value is -0.640. The van der Waals surface area contributed by atoms with Gasteiger partial charge in [-0.3, -0.25) is 0 Å². The van der Waals surface area contributed by atoms with Crippen molar-refractivity contribution in [3.05, 3.63) is 34.6 Å². The molecule has 0 radical (unpaired) electrons. The lowest BCUT2D eigenvalue weighted by Gasteiger charge is -2.33. The SMILES string of the molecule is CCOC(C(O)Cc1ccc(Cl)c(F)c1)C1CCCCC1. The van der Waals surface area contributed by atoms with Crippen molar-refractivity contribution in [1.29, 1.82) is 0 Å². The maximum absolute atomic E-state index is 13.5. The predicted octanol–water partition coefficient (Wildman–Crippen LogP) is 4.37. The first kappa shape index (κ1) is 16.7. The van der Waals surface area contributed by atoms with Gasteiger partial charge in [-0.1, -0.05) is 36.9 Å². The highest BCUT2D eigenvalue weighted by Gasteiger charge is 2.30. The molecule has 0 saturated heterocycles. The van der Waals surface area contributed by atoms with Crippen molar-refractivity contribution in [2.75, 3.05) is 6.61 Å². The smallest absolute Gasteiger partial charge is 0.142 e. The largest absolute Gasteiger partial charge is 0.390 e. The molecule has 2 nitrogen and oxygen atoms in total. The van der Waals surface area contributed by atoms with E-state index in [1.165, 1.54) is 31.4 Å². The van der Waals surface area contributed by atoms with Crippen LogP contribution >= 0.6 is 11.6 Å². The van der Waals surface area contributed by atoms with Crippen LogP contribution < -0.4 is 0 Å². The van der Waals surface area contributed by atoms with E-state index in [1.54, 1.807) is 6.07 Å². The van der Waals surface area contributed by atoms with Crippen molar-refractivity contribution in [1.82, 2.24) is 0 Å². The van der Waals surface area contributed by atoms with Crippen molar-refractivity contribution in [2.45, 2.75) is 57.7 Å². The lowest BCUT2D eigenvalue weighted by molar-refractivity contribution is -0.0715. The minimum atomic E-state index is -0.603. The Labute approximate surface area is 131 Å². The van der Waals surface area contributed by atoms with Crippen molar-refractivity contribution in [2.24, 2.45) is 5.92 Å². The van der Waals surface area contributed by atoms with Gasteiger partial charge in [-0.2, -0.15) is 0 Å². The van der Waals surface area contributed by atoms with Gasteiger partial charge in [-0.25, -0.2) is 4.39 Å². The number of halogens is 2. The molecule has 1 saturated carbocycles. The van der Waals surface area contributed by atoms with Gasteiger partial charge in [0.2, 0.25) is 0 Å². The summed E-state index contributed by atoms with van der Waals surface area (Å²) in [4.78, 5) is 0. The highest BCUT2D eigenvalue weighted by Crippen LogP contribution is 2.30. The fraction of sp³-hybridized carbons (Fsp3) is 0.647. The zero-order valence-electron chi connectivity index (χ0n) is 12.5. The van der Waals surface area contributed by atoms with Crippen LogP contribution in [0.2, 0.25) is 5.02 Å². The fourth-order valence-corrected chi connectivity index (χ4v) is 3.36. The maximum atomic E-state index is 13.5. The van der Waals surface area contributed by atoms with Crippen LogP contribution in [0.5, 0.6) is 0 Å². The van der Waals surface area contributed by atoms with E-state index in [4.69, 9.17) is 16.3 Å². The Morgan fingerprint density at radius 1 is 1.33 bits per heavy atom. The van der Waals surface area contributed by atoms with Crippen LogP contribution in [0.1, 0.15) is 44.6 Å². The highest BCUT2D eigenvalue weighted by atomic mass is 35.5. The minimum absolute atomic E-state index is 0.113. The second-order valence-corrected chi connectivity index (χ2v) is 6.25. The van der Waals surface area contributed by atoms with Gasteiger partial charge in [0.05, 0.1) is 17.2 Å². The molecule has 1 aromatic rings. The molecule has 0 aliphatic heterocycles. The Kier molecular flexibility index (Phi) is 6.46. The molecule has 2 unspecified atom stereocenters. The van der Waals surface area contributed by atoms with E-state index in [2.05, 4.69) is 0 Å². The molecule has 4 heteroatoms. The number of ether oxygens (including phenoxy) is 1. The molecule has 0 heterocycles. The Morgan fingerprint density at radius 2 is 2.05 bits per heavy atom. The Bertz CT molecular complexity index is 446. The van der Waals surface area contributed by atoms with Crippen LogP contribution in [-0.4, -0.2) is 23.9 Å². The standard InChI is InChI=1S/C17H24ClFO2/c1-2-21-17(13-6-4-3-5-7-13)16(20)11-12-8-9-14(18)15(19)10-12/h8-10,13,16-17,20H,2-7,11H2,1H3. The summed E-state index contributed by atoms with van der Waals surface area (Å²) < 4.78 is 19.3. The third kappa shape index (κ3) is 4.67. The summed E-state index contributed by atoms with van der Waals surface area (Å²) in [6.07, 6.45) is 5.53. The van der Waals surface area contributed by atoms with Crippen LogP contribution in [0.4, 0.5) is 4.39 Å². The first-order valence-corrected chi connectivity index (χ1v) is 8.23. The molecule has 0 spiro atoms. The van der Waals surface area contributed by atoms with Gasteiger partial charge >= 0.3 is 0 Å². The highest BCUT2D eigenvalue weighted by molar-refractivity contribution is 6.30. The molecule has 1 aliphatic rings. The fourth-order valence-electron chi connectivity index (χ4n) is 3.24. The van der Waals surface area contributed by atoms with Crippen LogP contribution in [0.15, 0.2) is 18.2 Å². The van der Waals surface area contributed by atoms with Crippen LogP contribution in [0.3, 0.4) is 0 Å². The van der Waals surface area contributed by atoms with E-state index >= 15 is 0 Å². The number of hydrogen-bond acceptors (Lipinski definition) is 2. The molecule has 21 heavy (non-hydrogen) atoms. The predicted molar refractivity (Wildman–Crippen MR) is 83.1 cm³/mol. The summed E-state index contributed by atoms with van der Waals surface area (Å²) in [7, 11) is 0. The lowest BCUT2D eigenvalue weighted by Crippen LogP contribution is -2.38. The van der Waals surface area contributed by atoms with E-state index in [9.17, 15) is 9.50 Å². The van der Waals surface area contributed by atoms with Crippen LogP contribution in [-0.2, 0) is 11.2 Å². The molecular weight excluding hydrogens is 291 g/mol.